The third kappa shape index (κ3) is 4.46. The Labute approximate surface area is 189 Å². The molecule has 3 heterocycles. The van der Waals surface area contributed by atoms with E-state index in [1.807, 2.05) is 48.0 Å². The first-order chi connectivity index (χ1) is 15.5. The fourth-order valence-corrected chi connectivity index (χ4v) is 4.54. The number of nitrogens with zero attached hydrogens (tertiary/aromatic N) is 4. The average Bonchev–Trinajstić information content (AvgIpc) is 3.32. The number of likely N-dealkylation sites (tertiary alicyclic amines) is 1. The van der Waals surface area contributed by atoms with E-state index in [9.17, 15) is 9.59 Å². The standard InChI is InChI=1S/C24H31N5O3/c1-4-32-15-17-7-9-18(10-8-17)24(31)28-13-11-19-20(14-28)26-23(27-22(19)25-3)21-6-5-12-29(21)16(2)30/h7-10,21H,4-6,11-15H2,1-3H3,(H,25,26,27). The summed E-state index contributed by atoms with van der Waals surface area (Å²) in [6.45, 7) is 6.56. The Morgan fingerprint density at radius 1 is 1.19 bits per heavy atom. The van der Waals surface area contributed by atoms with Crippen molar-refractivity contribution in [1.82, 2.24) is 19.8 Å². The van der Waals surface area contributed by atoms with Crippen LogP contribution in [0.1, 0.15) is 65.7 Å². The molecule has 0 saturated carbocycles. The zero-order valence-electron chi connectivity index (χ0n) is 19.1. The first-order valence-corrected chi connectivity index (χ1v) is 11.3. The summed E-state index contributed by atoms with van der Waals surface area (Å²) in [5.74, 6) is 1.50. The van der Waals surface area contributed by atoms with E-state index in [1.165, 1.54) is 0 Å². The van der Waals surface area contributed by atoms with Crippen LogP contribution in [0.4, 0.5) is 5.82 Å². The summed E-state index contributed by atoms with van der Waals surface area (Å²) in [6.07, 6.45) is 2.50. The summed E-state index contributed by atoms with van der Waals surface area (Å²) in [5.41, 5.74) is 3.63. The predicted molar refractivity (Wildman–Crippen MR) is 121 cm³/mol. The van der Waals surface area contributed by atoms with Gasteiger partial charge in [0.15, 0.2) is 5.82 Å². The minimum atomic E-state index is -0.103. The summed E-state index contributed by atoms with van der Waals surface area (Å²) in [7, 11) is 1.85. The number of aromatic nitrogens is 2. The smallest absolute Gasteiger partial charge is 0.254 e. The van der Waals surface area contributed by atoms with E-state index in [2.05, 4.69) is 5.32 Å². The molecule has 1 atom stereocenters. The first-order valence-electron chi connectivity index (χ1n) is 11.3. The highest BCUT2D eigenvalue weighted by atomic mass is 16.5. The van der Waals surface area contributed by atoms with Crippen LogP contribution in [-0.2, 0) is 29.1 Å². The molecule has 1 aromatic heterocycles. The van der Waals surface area contributed by atoms with E-state index in [4.69, 9.17) is 14.7 Å². The van der Waals surface area contributed by atoms with Gasteiger partial charge < -0.3 is 19.9 Å². The molecular weight excluding hydrogens is 406 g/mol. The predicted octanol–water partition coefficient (Wildman–Crippen LogP) is 2.94. The Morgan fingerprint density at radius 2 is 1.97 bits per heavy atom. The number of hydrogen-bond donors (Lipinski definition) is 1. The Morgan fingerprint density at radius 3 is 2.66 bits per heavy atom. The number of carbonyl (C=O) groups excluding carboxylic acids is 2. The fraction of sp³-hybridized carbons (Fsp3) is 0.500. The lowest BCUT2D eigenvalue weighted by Gasteiger charge is -2.30. The van der Waals surface area contributed by atoms with Crippen molar-refractivity contribution in [2.45, 2.75) is 52.3 Å². The van der Waals surface area contributed by atoms with Crippen LogP contribution in [0.2, 0.25) is 0 Å². The second-order valence-corrected chi connectivity index (χ2v) is 8.29. The molecule has 32 heavy (non-hydrogen) atoms. The van der Waals surface area contributed by atoms with Gasteiger partial charge in [0.2, 0.25) is 5.91 Å². The van der Waals surface area contributed by atoms with Gasteiger partial charge in [0.1, 0.15) is 5.82 Å². The molecule has 4 rings (SSSR count). The molecule has 2 aliphatic heterocycles. The number of amides is 2. The van der Waals surface area contributed by atoms with Crippen molar-refractivity contribution in [3.8, 4) is 0 Å². The molecule has 8 nitrogen and oxygen atoms in total. The minimum absolute atomic E-state index is 0.00370. The molecule has 2 aromatic rings. The van der Waals surface area contributed by atoms with E-state index in [0.717, 1.165) is 42.0 Å². The zero-order valence-corrected chi connectivity index (χ0v) is 19.1. The quantitative estimate of drug-likeness (QED) is 0.748. The van der Waals surface area contributed by atoms with Crippen molar-refractivity contribution in [2.75, 3.05) is 32.1 Å². The highest BCUT2D eigenvalue weighted by Crippen LogP contribution is 2.33. The van der Waals surface area contributed by atoms with Crippen LogP contribution < -0.4 is 5.32 Å². The molecule has 2 amide bonds. The number of fused-ring (bicyclic) bond motifs is 1. The molecule has 1 saturated heterocycles. The molecule has 1 N–H and O–H groups in total. The van der Waals surface area contributed by atoms with Gasteiger partial charge in [-0.15, -0.1) is 0 Å². The first kappa shape index (κ1) is 22.2. The van der Waals surface area contributed by atoms with Crippen LogP contribution in [0, 0.1) is 0 Å². The van der Waals surface area contributed by atoms with Crippen LogP contribution in [0.3, 0.4) is 0 Å². The van der Waals surface area contributed by atoms with E-state index in [-0.39, 0.29) is 17.9 Å². The van der Waals surface area contributed by atoms with Crippen LogP contribution in [0.25, 0.3) is 0 Å². The molecule has 170 valence electrons. The highest BCUT2D eigenvalue weighted by molar-refractivity contribution is 5.94. The van der Waals surface area contributed by atoms with Gasteiger partial charge in [-0.3, -0.25) is 9.59 Å². The number of benzene rings is 1. The lowest BCUT2D eigenvalue weighted by Crippen LogP contribution is -2.37. The molecule has 1 unspecified atom stereocenters. The molecule has 1 fully saturated rings. The van der Waals surface area contributed by atoms with E-state index in [0.29, 0.717) is 44.1 Å². The van der Waals surface area contributed by atoms with Gasteiger partial charge in [0.05, 0.1) is 24.9 Å². The van der Waals surface area contributed by atoms with Crippen molar-refractivity contribution in [3.63, 3.8) is 0 Å². The minimum Gasteiger partial charge on any atom is -0.377 e. The van der Waals surface area contributed by atoms with Gasteiger partial charge in [0, 0.05) is 44.8 Å². The Balaban J connectivity index is 1.55. The summed E-state index contributed by atoms with van der Waals surface area (Å²) in [6, 6.07) is 7.50. The van der Waals surface area contributed by atoms with Crippen LogP contribution >= 0.6 is 0 Å². The maximum absolute atomic E-state index is 13.2. The molecule has 0 radical (unpaired) electrons. The zero-order chi connectivity index (χ0) is 22.7. The molecule has 2 aliphatic rings. The molecule has 0 aliphatic carbocycles. The van der Waals surface area contributed by atoms with Gasteiger partial charge in [0.25, 0.3) is 5.91 Å². The molecule has 0 spiro atoms. The maximum Gasteiger partial charge on any atom is 0.254 e. The maximum atomic E-state index is 13.2. The average molecular weight is 438 g/mol. The number of nitrogens with one attached hydrogen (secondary N) is 1. The van der Waals surface area contributed by atoms with Crippen LogP contribution in [-0.4, -0.2) is 58.3 Å². The second-order valence-electron chi connectivity index (χ2n) is 8.29. The summed E-state index contributed by atoms with van der Waals surface area (Å²) in [5, 5.41) is 3.19. The van der Waals surface area contributed by atoms with Crippen molar-refractivity contribution < 1.29 is 14.3 Å². The third-order valence-electron chi connectivity index (χ3n) is 6.24. The lowest BCUT2D eigenvalue weighted by molar-refractivity contribution is -0.129. The van der Waals surface area contributed by atoms with Gasteiger partial charge in [-0.25, -0.2) is 9.97 Å². The Kier molecular flexibility index (Phi) is 6.69. The highest BCUT2D eigenvalue weighted by Gasteiger charge is 2.33. The SMILES string of the molecule is CCOCc1ccc(C(=O)N2CCc3c(nc(C4CCCN4C(C)=O)nc3NC)C2)cc1. The number of ether oxygens (including phenoxy) is 1. The van der Waals surface area contributed by atoms with Gasteiger partial charge in [-0.1, -0.05) is 12.1 Å². The van der Waals surface area contributed by atoms with Gasteiger partial charge in [-0.2, -0.15) is 0 Å². The Hall–Kier alpha value is -3.00. The molecule has 0 bridgehead atoms. The largest absolute Gasteiger partial charge is 0.377 e. The molecule has 1 aromatic carbocycles. The second kappa shape index (κ2) is 9.65. The molecular formula is C24H31N5O3. The number of anilines is 1. The van der Waals surface area contributed by atoms with Crippen molar-refractivity contribution in [3.05, 3.63) is 52.5 Å². The van der Waals surface area contributed by atoms with Gasteiger partial charge in [-0.05, 0) is 43.9 Å². The summed E-state index contributed by atoms with van der Waals surface area (Å²) >= 11 is 0. The van der Waals surface area contributed by atoms with Crippen LogP contribution in [0.5, 0.6) is 0 Å². The third-order valence-corrected chi connectivity index (χ3v) is 6.24. The van der Waals surface area contributed by atoms with E-state index in [1.54, 1.807) is 6.92 Å². The lowest BCUT2D eigenvalue weighted by atomic mass is 10.0. The normalized spacial score (nSPS) is 17.9. The summed E-state index contributed by atoms with van der Waals surface area (Å²) < 4.78 is 5.43. The Bertz CT molecular complexity index is 992. The number of rotatable bonds is 6. The van der Waals surface area contributed by atoms with Crippen LogP contribution in [0.15, 0.2) is 24.3 Å². The van der Waals surface area contributed by atoms with E-state index < -0.39 is 0 Å². The van der Waals surface area contributed by atoms with Crippen molar-refractivity contribution in [2.24, 2.45) is 0 Å². The van der Waals surface area contributed by atoms with E-state index >= 15 is 0 Å². The van der Waals surface area contributed by atoms with Gasteiger partial charge >= 0.3 is 0 Å². The van der Waals surface area contributed by atoms with Crippen molar-refractivity contribution in [1.29, 1.82) is 0 Å². The summed E-state index contributed by atoms with van der Waals surface area (Å²) in [4.78, 5) is 38.5. The number of hydrogen-bond acceptors (Lipinski definition) is 6. The monoisotopic (exact) mass is 437 g/mol. The topological polar surface area (TPSA) is 87.7 Å². The number of carbonyl (C=O) groups is 2. The fourth-order valence-electron chi connectivity index (χ4n) is 4.54. The molecule has 8 heteroatoms. The van der Waals surface area contributed by atoms with Crippen molar-refractivity contribution >= 4 is 17.6 Å².